The first kappa shape index (κ1) is 17.2. The zero-order valence-electron chi connectivity index (χ0n) is 12.1. The van der Waals surface area contributed by atoms with Crippen molar-refractivity contribution in [2.45, 2.75) is 32.4 Å². The normalized spacial score (nSPS) is 11.2. The van der Waals surface area contributed by atoms with Gasteiger partial charge in [-0.3, -0.25) is 9.20 Å². The molecule has 0 fully saturated rings. The van der Waals surface area contributed by atoms with E-state index in [4.69, 9.17) is 5.73 Å². The largest absolute Gasteiger partial charge is 0.354 e. The lowest BCUT2D eigenvalue weighted by Gasteiger charge is -2.18. The molecule has 0 spiro atoms. The zero-order chi connectivity index (χ0) is 14.8. The van der Waals surface area contributed by atoms with Crippen molar-refractivity contribution in [3.63, 3.8) is 0 Å². The molecule has 0 atom stereocenters. The monoisotopic (exact) mass is 313 g/mol. The third kappa shape index (κ3) is 4.57. The van der Waals surface area contributed by atoms with Gasteiger partial charge in [-0.05, 0) is 26.0 Å². The Morgan fingerprint density at radius 3 is 2.76 bits per heavy atom. The van der Waals surface area contributed by atoms with Gasteiger partial charge in [-0.1, -0.05) is 6.07 Å². The molecule has 0 saturated heterocycles. The maximum absolute atomic E-state index is 12.0. The first-order valence-corrected chi connectivity index (χ1v) is 6.47. The van der Waals surface area contributed by atoms with Crippen molar-refractivity contribution in [1.29, 1.82) is 0 Å². The molecule has 3 N–H and O–H groups in total. The van der Waals surface area contributed by atoms with E-state index in [0.717, 1.165) is 0 Å². The third-order valence-corrected chi connectivity index (χ3v) is 2.78. The Morgan fingerprint density at radius 2 is 2.14 bits per heavy atom. The Balaban J connectivity index is 0.00000220. The van der Waals surface area contributed by atoms with E-state index in [1.54, 1.807) is 18.3 Å². The number of aryl methyl sites for hydroxylation is 1. The Morgan fingerprint density at radius 1 is 1.43 bits per heavy atom. The van der Waals surface area contributed by atoms with Gasteiger partial charge in [0, 0.05) is 24.7 Å². The molecule has 0 unspecified atom stereocenters. The van der Waals surface area contributed by atoms with E-state index in [2.05, 4.69) is 10.4 Å². The van der Waals surface area contributed by atoms with Gasteiger partial charge in [0.2, 0.25) is 5.91 Å². The number of pyridine rings is 1. The third-order valence-electron chi connectivity index (χ3n) is 2.78. The van der Waals surface area contributed by atoms with Crippen molar-refractivity contribution >= 4 is 24.0 Å². The molecule has 2 rings (SSSR count). The average Bonchev–Trinajstić information content (AvgIpc) is 2.71. The number of carbonyl (C=O) groups is 1. The number of amides is 1. The minimum Gasteiger partial charge on any atom is -0.354 e. The van der Waals surface area contributed by atoms with Crippen molar-refractivity contribution in [2.75, 3.05) is 6.54 Å². The maximum Gasteiger partial charge on any atom is 0.350 e. The van der Waals surface area contributed by atoms with Crippen molar-refractivity contribution in [3.8, 4) is 0 Å². The number of nitrogens with two attached hydrogens (primary N) is 1. The SMILES string of the molecule is CC(C)(N)CNC(=O)CCn1nc2ccccn2c1=O.Cl. The first-order valence-electron chi connectivity index (χ1n) is 6.47. The molecule has 2 aromatic heterocycles. The fraction of sp³-hybridized carbons (Fsp3) is 0.462. The second-order valence-corrected chi connectivity index (χ2v) is 5.45. The Hall–Kier alpha value is -1.86. The Kier molecular flexibility index (Phi) is 5.51. The van der Waals surface area contributed by atoms with Crippen LogP contribution in [0.5, 0.6) is 0 Å². The molecule has 0 aliphatic heterocycles. The van der Waals surface area contributed by atoms with Crippen molar-refractivity contribution < 1.29 is 4.79 Å². The standard InChI is InChI=1S/C13H19N5O2.ClH/c1-13(2,14)9-15-11(19)6-8-18-12(20)17-7-4-3-5-10(17)16-18;/h3-5,7H,6,8-9,14H2,1-2H3,(H,15,19);1H. The zero-order valence-corrected chi connectivity index (χ0v) is 12.9. The Labute approximate surface area is 128 Å². The minimum atomic E-state index is -0.449. The topological polar surface area (TPSA) is 94.4 Å². The predicted molar refractivity (Wildman–Crippen MR) is 82.6 cm³/mol. The molecule has 2 heterocycles. The fourth-order valence-electron chi connectivity index (χ4n) is 1.74. The summed E-state index contributed by atoms with van der Waals surface area (Å²) < 4.78 is 2.74. The van der Waals surface area contributed by atoms with Crippen LogP contribution in [0.25, 0.3) is 5.65 Å². The summed E-state index contributed by atoms with van der Waals surface area (Å²) in [5.74, 6) is -0.146. The van der Waals surface area contributed by atoms with E-state index in [1.807, 2.05) is 19.9 Å². The number of nitrogens with zero attached hydrogens (tertiary/aromatic N) is 3. The lowest BCUT2D eigenvalue weighted by molar-refractivity contribution is -0.121. The van der Waals surface area contributed by atoms with Gasteiger partial charge in [-0.2, -0.15) is 0 Å². The molecule has 0 aliphatic carbocycles. The van der Waals surface area contributed by atoms with Gasteiger partial charge in [-0.25, -0.2) is 9.48 Å². The van der Waals surface area contributed by atoms with Crippen LogP contribution in [-0.4, -0.2) is 32.2 Å². The highest BCUT2D eigenvalue weighted by molar-refractivity contribution is 5.85. The second-order valence-electron chi connectivity index (χ2n) is 5.45. The van der Waals surface area contributed by atoms with Gasteiger partial charge < -0.3 is 11.1 Å². The number of hydrogen-bond donors (Lipinski definition) is 2. The lowest BCUT2D eigenvalue weighted by Crippen LogP contribution is -2.45. The first-order chi connectivity index (χ1) is 9.37. The summed E-state index contributed by atoms with van der Waals surface area (Å²) >= 11 is 0. The molecule has 1 amide bonds. The van der Waals surface area contributed by atoms with E-state index in [-0.39, 0.29) is 37.0 Å². The highest BCUT2D eigenvalue weighted by atomic mass is 35.5. The molecular weight excluding hydrogens is 294 g/mol. The fourth-order valence-corrected chi connectivity index (χ4v) is 1.74. The lowest BCUT2D eigenvalue weighted by atomic mass is 10.1. The van der Waals surface area contributed by atoms with E-state index in [0.29, 0.717) is 12.2 Å². The summed E-state index contributed by atoms with van der Waals surface area (Å²) in [6.45, 7) is 4.31. The quantitative estimate of drug-likeness (QED) is 0.822. The number of fused-ring (bicyclic) bond motifs is 1. The molecule has 0 saturated carbocycles. The van der Waals surface area contributed by atoms with Gasteiger partial charge >= 0.3 is 5.69 Å². The number of rotatable bonds is 5. The summed E-state index contributed by atoms with van der Waals surface area (Å²) in [5.41, 5.74) is 5.66. The molecule has 2 aromatic rings. The van der Waals surface area contributed by atoms with E-state index < -0.39 is 5.54 Å². The van der Waals surface area contributed by atoms with Crippen molar-refractivity contribution in [3.05, 3.63) is 34.9 Å². The molecular formula is C13H20ClN5O2. The molecule has 0 bridgehead atoms. The molecule has 7 nitrogen and oxygen atoms in total. The predicted octanol–water partition coefficient (Wildman–Crippen LogP) is 0.161. The molecule has 0 aliphatic rings. The number of carbonyl (C=O) groups excluding carboxylic acids is 1. The highest BCUT2D eigenvalue weighted by Gasteiger charge is 2.13. The van der Waals surface area contributed by atoms with Crippen LogP contribution in [0.2, 0.25) is 0 Å². The van der Waals surface area contributed by atoms with Crippen molar-refractivity contribution in [2.24, 2.45) is 5.73 Å². The summed E-state index contributed by atoms with van der Waals surface area (Å²) in [7, 11) is 0. The Bertz CT molecular complexity index is 671. The number of aromatic nitrogens is 3. The van der Waals surface area contributed by atoms with Gasteiger partial charge in [0.1, 0.15) is 0 Å². The second kappa shape index (κ2) is 6.73. The van der Waals surface area contributed by atoms with Crippen LogP contribution in [-0.2, 0) is 11.3 Å². The van der Waals surface area contributed by atoms with Crippen LogP contribution in [0.1, 0.15) is 20.3 Å². The highest BCUT2D eigenvalue weighted by Crippen LogP contribution is 1.97. The minimum absolute atomic E-state index is 0. The number of halogens is 1. The van der Waals surface area contributed by atoms with E-state index >= 15 is 0 Å². The van der Waals surface area contributed by atoms with Crippen LogP contribution in [0.15, 0.2) is 29.2 Å². The van der Waals surface area contributed by atoms with Gasteiger partial charge in [0.15, 0.2) is 5.65 Å². The molecule has 0 radical (unpaired) electrons. The van der Waals surface area contributed by atoms with Crippen molar-refractivity contribution in [1.82, 2.24) is 19.5 Å². The van der Waals surface area contributed by atoms with Gasteiger partial charge in [0.25, 0.3) is 0 Å². The number of nitrogens with one attached hydrogen (secondary N) is 1. The summed E-state index contributed by atoms with van der Waals surface area (Å²) in [4.78, 5) is 23.6. The van der Waals surface area contributed by atoms with Gasteiger partial charge in [-0.15, -0.1) is 17.5 Å². The molecule has 8 heteroatoms. The maximum atomic E-state index is 12.0. The molecule has 116 valence electrons. The van der Waals surface area contributed by atoms with Gasteiger partial charge in [0.05, 0.1) is 6.54 Å². The van der Waals surface area contributed by atoms with E-state index in [1.165, 1.54) is 9.08 Å². The van der Waals surface area contributed by atoms with Crippen LogP contribution < -0.4 is 16.7 Å². The number of hydrogen-bond acceptors (Lipinski definition) is 4. The summed E-state index contributed by atoms with van der Waals surface area (Å²) in [6.07, 6.45) is 1.85. The summed E-state index contributed by atoms with van der Waals surface area (Å²) in [5, 5.41) is 6.89. The smallest absolute Gasteiger partial charge is 0.350 e. The van der Waals surface area contributed by atoms with E-state index in [9.17, 15) is 9.59 Å². The average molecular weight is 314 g/mol. The molecule has 0 aromatic carbocycles. The van der Waals surface area contributed by atoms with Crippen LogP contribution in [0.3, 0.4) is 0 Å². The van der Waals surface area contributed by atoms with Crippen LogP contribution in [0.4, 0.5) is 0 Å². The molecule has 21 heavy (non-hydrogen) atoms. The van der Waals surface area contributed by atoms with Crippen LogP contribution in [0, 0.1) is 0 Å². The van der Waals surface area contributed by atoms with Crippen LogP contribution >= 0.6 is 12.4 Å². The summed E-state index contributed by atoms with van der Waals surface area (Å²) in [6, 6.07) is 5.31.